The number of nitrogens with zero attached hydrogens (tertiary/aromatic N) is 3. The number of nitrogens with one attached hydrogen (secondary N) is 1. The fourth-order valence-corrected chi connectivity index (χ4v) is 4.43. The smallest absolute Gasteiger partial charge is 0.254 e. The quantitative estimate of drug-likeness (QED) is 0.576. The Morgan fingerprint density at radius 3 is 2.41 bits per heavy atom. The fourth-order valence-electron chi connectivity index (χ4n) is 4.43. The first-order chi connectivity index (χ1) is 15.6. The molecule has 1 saturated heterocycles. The molecule has 1 atom stereocenters. The summed E-state index contributed by atoms with van der Waals surface area (Å²) in [5.41, 5.74) is 4.93. The van der Waals surface area contributed by atoms with Crippen molar-refractivity contribution in [3.05, 3.63) is 77.1 Å². The molecule has 1 aliphatic heterocycles. The molecule has 0 spiro atoms. The molecule has 6 heteroatoms. The van der Waals surface area contributed by atoms with E-state index in [9.17, 15) is 4.79 Å². The van der Waals surface area contributed by atoms with Crippen LogP contribution in [-0.2, 0) is 6.42 Å². The van der Waals surface area contributed by atoms with Gasteiger partial charge >= 0.3 is 0 Å². The molecule has 1 N–H and O–H groups in total. The van der Waals surface area contributed by atoms with E-state index < -0.39 is 0 Å². The van der Waals surface area contributed by atoms with Gasteiger partial charge in [0.05, 0.1) is 36.3 Å². The fraction of sp³-hybridized carbons (Fsp3) is 0.385. The number of carbonyl (C=O) groups excluding carboxylic acids is 1. The summed E-state index contributed by atoms with van der Waals surface area (Å²) in [7, 11) is 1.68. The molecule has 1 fully saturated rings. The Morgan fingerprint density at radius 2 is 1.78 bits per heavy atom. The van der Waals surface area contributed by atoms with Crippen LogP contribution in [0.3, 0.4) is 0 Å². The van der Waals surface area contributed by atoms with E-state index >= 15 is 0 Å². The molecule has 1 aromatic heterocycles. The van der Waals surface area contributed by atoms with Gasteiger partial charge in [-0.15, -0.1) is 0 Å². The van der Waals surface area contributed by atoms with Crippen LogP contribution in [-0.4, -0.2) is 47.3 Å². The van der Waals surface area contributed by atoms with Crippen LogP contribution in [0.5, 0.6) is 5.75 Å². The number of hydrogen-bond acceptors (Lipinski definition) is 4. The molecule has 0 bridgehead atoms. The molecule has 0 saturated carbocycles. The number of benzene rings is 2. The predicted molar refractivity (Wildman–Crippen MR) is 127 cm³/mol. The highest BCUT2D eigenvalue weighted by Gasteiger charge is 2.25. The topological polar surface area (TPSA) is 59.4 Å². The van der Waals surface area contributed by atoms with E-state index in [0.29, 0.717) is 12.1 Å². The second-order valence-corrected chi connectivity index (χ2v) is 8.35. The van der Waals surface area contributed by atoms with Crippen LogP contribution in [0.15, 0.2) is 54.7 Å². The number of amides is 1. The van der Waals surface area contributed by atoms with E-state index in [1.807, 2.05) is 28.9 Å². The van der Waals surface area contributed by atoms with Gasteiger partial charge in [0, 0.05) is 6.54 Å². The Bertz CT molecular complexity index is 1030. The van der Waals surface area contributed by atoms with Crippen molar-refractivity contribution in [3.8, 4) is 11.4 Å². The Kier molecular flexibility index (Phi) is 6.90. The number of rotatable bonds is 8. The van der Waals surface area contributed by atoms with E-state index in [1.165, 1.54) is 24.0 Å². The Morgan fingerprint density at radius 1 is 1.09 bits per heavy atom. The third-order valence-corrected chi connectivity index (χ3v) is 6.26. The molecule has 0 unspecified atom stereocenters. The minimum absolute atomic E-state index is 0.0714. The maximum atomic E-state index is 13.2. The van der Waals surface area contributed by atoms with Gasteiger partial charge in [-0.2, -0.15) is 5.10 Å². The van der Waals surface area contributed by atoms with Crippen molar-refractivity contribution in [2.24, 2.45) is 0 Å². The molecule has 1 amide bonds. The van der Waals surface area contributed by atoms with Crippen molar-refractivity contribution in [1.82, 2.24) is 20.0 Å². The molecule has 4 rings (SSSR count). The van der Waals surface area contributed by atoms with Crippen molar-refractivity contribution >= 4 is 5.91 Å². The van der Waals surface area contributed by atoms with Gasteiger partial charge in [-0.05, 0) is 69.1 Å². The minimum atomic E-state index is -0.0714. The average molecular weight is 433 g/mol. The van der Waals surface area contributed by atoms with Crippen molar-refractivity contribution in [2.45, 2.75) is 39.2 Å². The molecule has 6 nitrogen and oxygen atoms in total. The van der Waals surface area contributed by atoms with Crippen LogP contribution < -0.4 is 10.1 Å². The summed E-state index contributed by atoms with van der Waals surface area (Å²) < 4.78 is 7.18. The molecular weight excluding hydrogens is 400 g/mol. The highest BCUT2D eigenvalue weighted by molar-refractivity contribution is 5.95. The molecule has 2 aromatic carbocycles. The number of hydrogen-bond donors (Lipinski definition) is 1. The summed E-state index contributed by atoms with van der Waals surface area (Å²) in [5.74, 6) is 0.770. The summed E-state index contributed by atoms with van der Waals surface area (Å²) in [5, 5.41) is 7.71. The highest BCUT2D eigenvalue weighted by atomic mass is 16.5. The molecule has 0 aliphatic carbocycles. The molecule has 32 heavy (non-hydrogen) atoms. The van der Waals surface area contributed by atoms with Gasteiger partial charge in [0.15, 0.2) is 0 Å². The van der Waals surface area contributed by atoms with Crippen molar-refractivity contribution in [1.29, 1.82) is 0 Å². The van der Waals surface area contributed by atoms with E-state index in [4.69, 9.17) is 4.74 Å². The summed E-state index contributed by atoms with van der Waals surface area (Å²) in [4.78, 5) is 15.6. The molecule has 168 valence electrons. The number of likely N-dealkylation sites (tertiary alicyclic amines) is 1. The monoisotopic (exact) mass is 432 g/mol. The first-order valence-electron chi connectivity index (χ1n) is 11.4. The standard InChI is InChI=1S/C26H32N4O2/c1-4-24-23(17-28-30(24)21-11-7-19(2)8-12-21)26(31)27-18-25(29-15-5-6-16-29)20-9-13-22(32-3)14-10-20/h7-14,17,25H,4-6,15-16,18H2,1-3H3,(H,27,31)/t25-/m1/s1. The molecular formula is C26H32N4O2. The SMILES string of the molecule is CCc1c(C(=O)NC[C@H](c2ccc(OC)cc2)N2CCCC2)cnn1-c1ccc(C)cc1. The summed E-state index contributed by atoms with van der Waals surface area (Å²) in [6.07, 6.45) is 4.81. The molecule has 0 radical (unpaired) electrons. The van der Waals surface area contributed by atoms with Crippen LogP contribution in [0.1, 0.15) is 53.0 Å². The number of aryl methyl sites for hydroxylation is 1. The number of aromatic nitrogens is 2. The number of methoxy groups -OCH3 is 1. The van der Waals surface area contributed by atoms with Gasteiger partial charge in [-0.1, -0.05) is 36.8 Å². The van der Waals surface area contributed by atoms with Gasteiger partial charge in [0.2, 0.25) is 0 Å². The van der Waals surface area contributed by atoms with Crippen LogP contribution in [0.25, 0.3) is 5.69 Å². The zero-order valence-electron chi connectivity index (χ0n) is 19.2. The predicted octanol–water partition coefficient (Wildman–Crippen LogP) is 4.32. The number of ether oxygens (including phenoxy) is 1. The van der Waals surface area contributed by atoms with Crippen molar-refractivity contribution in [2.75, 3.05) is 26.7 Å². The number of carbonyl (C=O) groups is 1. The first kappa shape index (κ1) is 22.1. The summed E-state index contributed by atoms with van der Waals surface area (Å²) in [6, 6.07) is 16.5. The van der Waals surface area contributed by atoms with Gasteiger partial charge in [-0.3, -0.25) is 9.69 Å². The lowest BCUT2D eigenvalue weighted by Gasteiger charge is -2.28. The second-order valence-electron chi connectivity index (χ2n) is 8.35. The van der Waals surface area contributed by atoms with Crippen molar-refractivity contribution in [3.63, 3.8) is 0 Å². The summed E-state index contributed by atoms with van der Waals surface area (Å²) >= 11 is 0. The zero-order chi connectivity index (χ0) is 22.5. The van der Waals surface area contributed by atoms with Gasteiger partial charge in [0.25, 0.3) is 5.91 Å². The Balaban J connectivity index is 1.52. The lowest BCUT2D eigenvalue weighted by atomic mass is 10.0. The van der Waals surface area contributed by atoms with E-state index in [0.717, 1.165) is 36.6 Å². The maximum absolute atomic E-state index is 13.2. The Labute approximate surface area is 190 Å². The van der Waals surface area contributed by atoms with Crippen LogP contribution >= 0.6 is 0 Å². The highest BCUT2D eigenvalue weighted by Crippen LogP contribution is 2.26. The van der Waals surface area contributed by atoms with E-state index in [-0.39, 0.29) is 11.9 Å². The molecule has 3 aromatic rings. The average Bonchev–Trinajstić information content (AvgIpc) is 3.50. The van der Waals surface area contributed by atoms with Gasteiger partial charge in [-0.25, -0.2) is 4.68 Å². The first-order valence-corrected chi connectivity index (χ1v) is 11.4. The van der Waals surface area contributed by atoms with Crippen LogP contribution in [0.2, 0.25) is 0 Å². The van der Waals surface area contributed by atoms with Gasteiger partial charge < -0.3 is 10.1 Å². The van der Waals surface area contributed by atoms with Crippen molar-refractivity contribution < 1.29 is 9.53 Å². The lowest BCUT2D eigenvalue weighted by molar-refractivity contribution is 0.0937. The van der Waals surface area contributed by atoms with Gasteiger partial charge in [0.1, 0.15) is 5.75 Å². The minimum Gasteiger partial charge on any atom is -0.497 e. The normalized spacial score (nSPS) is 15.0. The van der Waals surface area contributed by atoms with Crippen LogP contribution in [0.4, 0.5) is 0 Å². The third-order valence-electron chi connectivity index (χ3n) is 6.26. The lowest BCUT2D eigenvalue weighted by Crippen LogP contribution is -2.37. The third kappa shape index (κ3) is 4.70. The zero-order valence-corrected chi connectivity index (χ0v) is 19.2. The van der Waals surface area contributed by atoms with Crippen LogP contribution in [0, 0.1) is 6.92 Å². The van der Waals surface area contributed by atoms with E-state index in [1.54, 1.807) is 13.3 Å². The Hall–Kier alpha value is -3.12. The van der Waals surface area contributed by atoms with E-state index in [2.05, 4.69) is 53.4 Å². The summed E-state index contributed by atoms with van der Waals surface area (Å²) in [6.45, 7) is 6.79. The molecule has 2 heterocycles. The maximum Gasteiger partial charge on any atom is 0.254 e. The molecule has 1 aliphatic rings. The second kappa shape index (κ2) is 10.0. The largest absolute Gasteiger partial charge is 0.497 e.